The molecular formula is C21H24N2O7S. The Kier molecular flexibility index (Phi) is 8.38. The quantitative estimate of drug-likeness (QED) is 0.627. The number of hydrogen-bond donors (Lipinski definition) is 0. The van der Waals surface area contributed by atoms with E-state index in [1.165, 1.54) is 37.0 Å². The number of amides is 1. The molecule has 2 rings (SSSR count). The summed E-state index contributed by atoms with van der Waals surface area (Å²) in [6, 6.07) is -0.930. The van der Waals surface area contributed by atoms with Crippen LogP contribution in [0.15, 0.2) is 29.7 Å². The number of ketones is 2. The first-order valence-corrected chi connectivity index (χ1v) is 10.5. The van der Waals surface area contributed by atoms with E-state index in [1.807, 2.05) is 5.38 Å². The van der Waals surface area contributed by atoms with Gasteiger partial charge in [0, 0.05) is 23.2 Å². The fraction of sp³-hybridized carbons (Fsp3) is 0.429. The van der Waals surface area contributed by atoms with E-state index in [4.69, 9.17) is 9.47 Å². The Morgan fingerprint density at radius 1 is 1.00 bits per heavy atom. The molecule has 0 saturated carbocycles. The minimum Gasteiger partial charge on any atom is -0.459 e. The van der Waals surface area contributed by atoms with Crippen molar-refractivity contribution >= 4 is 40.7 Å². The molecule has 1 aliphatic rings. The van der Waals surface area contributed by atoms with Crippen molar-refractivity contribution in [3.8, 4) is 0 Å². The highest BCUT2D eigenvalue weighted by Gasteiger charge is 2.26. The Bertz CT molecular complexity index is 934. The lowest BCUT2D eigenvalue weighted by molar-refractivity contribution is -0.157. The minimum absolute atomic E-state index is 0.0443. The number of hydrogen-bond acceptors (Lipinski definition) is 9. The third-order valence-electron chi connectivity index (χ3n) is 4.39. The van der Waals surface area contributed by atoms with Crippen molar-refractivity contribution in [2.75, 3.05) is 0 Å². The molecule has 10 heteroatoms. The van der Waals surface area contributed by atoms with Crippen molar-refractivity contribution in [2.24, 2.45) is 0 Å². The Morgan fingerprint density at radius 2 is 1.68 bits per heavy atom. The van der Waals surface area contributed by atoms with Crippen LogP contribution in [0, 0.1) is 6.92 Å². The van der Waals surface area contributed by atoms with E-state index in [9.17, 15) is 24.0 Å². The van der Waals surface area contributed by atoms with E-state index in [1.54, 1.807) is 6.92 Å². The number of thiazole rings is 1. The molecule has 0 saturated heterocycles. The van der Waals surface area contributed by atoms with Crippen LogP contribution in [0.5, 0.6) is 0 Å². The standard InChI is InChI=1S/C21H24N2O7S/c1-12-11-31-18(22-12)10-23-14(3)16(24)6-8-20(27)29-13(2)9-21(28)30-15(4)17(25)5-7-19(23)26/h5-8,11,13-15H,9-10H2,1-4H3/b7-5+,8-6+/t13-,14-,15-/m0/s1. The van der Waals surface area contributed by atoms with Gasteiger partial charge in [-0.2, -0.15) is 0 Å². The fourth-order valence-electron chi connectivity index (χ4n) is 2.67. The Hall–Kier alpha value is -3.14. The van der Waals surface area contributed by atoms with Gasteiger partial charge in [0.25, 0.3) is 0 Å². The molecule has 0 unspecified atom stereocenters. The zero-order chi connectivity index (χ0) is 23.1. The Labute approximate surface area is 183 Å². The highest BCUT2D eigenvalue weighted by Crippen LogP contribution is 2.15. The number of ether oxygens (including phenoxy) is 2. The van der Waals surface area contributed by atoms with Crippen LogP contribution in [0.4, 0.5) is 0 Å². The molecule has 0 bridgehead atoms. The highest BCUT2D eigenvalue weighted by atomic mass is 32.1. The van der Waals surface area contributed by atoms with Gasteiger partial charge in [-0.15, -0.1) is 11.3 Å². The van der Waals surface area contributed by atoms with Gasteiger partial charge in [-0.05, 0) is 39.8 Å². The third-order valence-corrected chi connectivity index (χ3v) is 5.34. The number of carbonyl (C=O) groups excluding carboxylic acids is 5. The van der Waals surface area contributed by atoms with Crippen molar-refractivity contribution in [1.29, 1.82) is 0 Å². The molecule has 3 atom stereocenters. The number of aryl methyl sites for hydroxylation is 1. The second-order valence-electron chi connectivity index (χ2n) is 7.08. The average Bonchev–Trinajstić information content (AvgIpc) is 3.11. The summed E-state index contributed by atoms with van der Waals surface area (Å²) in [7, 11) is 0. The largest absolute Gasteiger partial charge is 0.459 e. The normalized spacial score (nSPS) is 26.4. The molecule has 2 heterocycles. The minimum atomic E-state index is -1.12. The Morgan fingerprint density at radius 3 is 2.32 bits per heavy atom. The monoisotopic (exact) mass is 448 g/mol. The fourth-order valence-corrected chi connectivity index (χ4v) is 3.44. The summed E-state index contributed by atoms with van der Waals surface area (Å²) >= 11 is 1.33. The second kappa shape index (κ2) is 10.8. The predicted molar refractivity (Wildman–Crippen MR) is 111 cm³/mol. The average molecular weight is 448 g/mol. The first-order chi connectivity index (χ1) is 14.6. The topological polar surface area (TPSA) is 120 Å². The van der Waals surface area contributed by atoms with Gasteiger partial charge in [-0.3, -0.25) is 19.2 Å². The van der Waals surface area contributed by atoms with Crippen LogP contribution in [0.25, 0.3) is 0 Å². The van der Waals surface area contributed by atoms with E-state index in [0.717, 1.165) is 30.0 Å². The van der Waals surface area contributed by atoms with Gasteiger partial charge in [0.2, 0.25) is 5.91 Å². The maximum absolute atomic E-state index is 12.8. The van der Waals surface area contributed by atoms with E-state index < -0.39 is 47.7 Å². The van der Waals surface area contributed by atoms with Gasteiger partial charge in [0.1, 0.15) is 11.1 Å². The molecule has 31 heavy (non-hydrogen) atoms. The summed E-state index contributed by atoms with van der Waals surface area (Å²) in [4.78, 5) is 67.0. The number of carbonyl (C=O) groups is 5. The van der Waals surface area contributed by atoms with E-state index in [0.29, 0.717) is 5.01 Å². The summed E-state index contributed by atoms with van der Waals surface area (Å²) in [5, 5.41) is 2.43. The van der Waals surface area contributed by atoms with Crippen LogP contribution in [0.1, 0.15) is 37.9 Å². The molecular weight excluding hydrogens is 424 g/mol. The summed E-state index contributed by atoms with van der Waals surface area (Å²) in [5.41, 5.74) is 0.777. The van der Waals surface area contributed by atoms with Crippen molar-refractivity contribution in [1.82, 2.24) is 9.88 Å². The molecule has 1 amide bonds. The van der Waals surface area contributed by atoms with Crippen molar-refractivity contribution < 1.29 is 33.4 Å². The summed E-state index contributed by atoms with van der Waals surface area (Å²) in [5.74, 6) is -3.25. The Balaban J connectivity index is 2.34. The molecule has 1 aromatic rings. The van der Waals surface area contributed by atoms with Gasteiger partial charge >= 0.3 is 11.9 Å². The molecule has 0 fully saturated rings. The molecule has 166 valence electrons. The number of rotatable bonds is 2. The third kappa shape index (κ3) is 7.25. The van der Waals surface area contributed by atoms with E-state index in [-0.39, 0.29) is 13.0 Å². The maximum Gasteiger partial charge on any atom is 0.331 e. The molecule has 9 nitrogen and oxygen atoms in total. The van der Waals surface area contributed by atoms with Crippen LogP contribution >= 0.6 is 11.3 Å². The molecule has 1 aliphatic heterocycles. The van der Waals surface area contributed by atoms with Crippen molar-refractivity contribution in [3.63, 3.8) is 0 Å². The van der Waals surface area contributed by atoms with Crippen LogP contribution in [0.2, 0.25) is 0 Å². The van der Waals surface area contributed by atoms with Gasteiger partial charge < -0.3 is 14.4 Å². The number of cyclic esters (lactones) is 2. The summed E-state index contributed by atoms with van der Waals surface area (Å²) in [6.45, 7) is 6.23. The molecule has 0 aliphatic carbocycles. The van der Waals surface area contributed by atoms with Gasteiger partial charge in [-0.25, -0.2) is 9.78 Å². The molecule has 0 spiro atoms. The predicted octanol–water partition coefficient (Wildman–Crippen LogP) is 1.69. The second-order valence-corrected chi connectivity index (χ2v) is 8.02. The van der Waals surface area contributed by atoms with Crippen LogP contribution in [0.3, 0.4) is 0 Å². The van der Waals surface area contributed by atoms with Crippen molar-refractivity contribution in [3.05, 3.63) is 40.4 Å². The van der Waals surface area contributed by atoms with Gasteiger partial charge in [0.05, 0.1) is 19.0 Å². The number of esters is 2. The first-order valence-electron chi connectivity index (χ1n) is 9.62. The lowest BCUT2D eigenvalue weighted by atomic mass is 10.1. The van der Waals surface area contributed by atoms with Crippen LogP contribution < -0.4 is 0 Å². The zero-order valence-corrected chi connectivity index (χ0v) is 18.5. The van der Waals surface area contributed by atoms with Gasteiger partial charge in [-0.1, -0.05) is 0 Å². The van der Waals surface area contributed by atoms with E-state index in [2.05, 4.69) is 4.98 Å². The molecule has 0 radical (unpaired) electrons. The lowest BCUT2D eigenvalue weighted by Crippen LogP contribution is -2.41. The highest BCUT2D eigenvalue weighted by molar-refractivity contribution is 7.09. The lowest BCUT2D eigenvalue weighted by Gasteiger charge is -2.25. The van der Waals surface area contributed by atoms with Gasteiger partial charge in [0.15, 0.2) is 17.7 Å². The summed E-state index contributed by atoms with van der Waals surface area (Å²) < 4.78 is 10.1. The zero-order valence-electron chi connectivity index (χ0n) is 17.7. The summed E-state index contributed by atoms with van der Waals surface area (Å²) in [6.07, 6.45) is 1.83. The SMILES string of the molecule is Cc1csc(CN2C(=O)/C=C/C(=O)[C@H](C)OC(=O)C[C@H](C)OC(=O)/C=C/C(=O)[C@@H]2C)n1. The smallest absolute Gasteiger partial charge is 0.331 e. The first kappa shape index (κ1) is 24.1. The van der Waals surface area contributed by atoms with E-state index >= 15 is 0 Å². The molecule has 0 N–H and O–H groups in total. The number of nitrogens with zero attached hydrogens (tertiary/aromatic N) is 2. The number of aromatic nitrogens is 1. The maximum atomic E-state index is 12.8. The van der Waals surface area contributed by atoms with Crippen molar-refractivity contribution in [2.45, 2.75) is 58.9 Å². The van der Waals surface area contributed by atoms with Crippen LogP contribution in [-0.2, 0) is 40.0 Å². The molecule has 0 aromatic carbocycles. The van der Waals surface area contributed by atoms with Crippen LogP contribution in [-0.4, -0.2) is 57.5 Å². The molecule has 1 aromatic heterocycles.